The van der Waals surface area contributed by atoms with E-state index in [-0.39, 0.29) is 0 Å². The highest BCUT2D eigenvalue weighted by Gasteiger charge is 2.04. The molecule has 4 heteroatoms. The van der Waals surface area contributed by atoms with Crippen molar-refractivity contribution in [1.29, 1.82) is 0 Å². The number of hydrogen-bond acceptors (Lipinski definition) is 3. The first-order valence-corrected chi connectivity index (χ1v) is 5.91. The second-order valence-electron chi connectivity index (χ2n) is 3.58. The Labute approximate surface area is 93.6 Å². The maximum Gasteiger partial charge on any atom is 0.0951 e. The number of aryl methyl sites for hydroxylation is 1. The van der Waals surface area contributed by atoms with Gasteiger partial charge in [-0.1, -0.05) is 0 Å². The van der Waals surface area contributed by atoms with Crippen LogP contribution in [-0.2, 0) is 13.0 Å². The van der Waals surface area contributed by atoms with E-state index in [2.05, 4.69) is 27.9 Å². The number of rotatable bonds is 4. The predicted molar refractivity (Wildman–Crippen MR) is 63.1 cm³/mol. The molecule has 0 unspecified atom stereocenters. The van der Waals surface area contributed by atoms with Crippen molar-refractivity contribution in [2.75, 3.05) is 6.54 Å². The van der Waals surface area contributed by atoms with E-state index in [1.807, 2.05) is 12.5 Å². The summed E-state index contributed by atoms with van der Waals surface area (Å²) in [7, 11) is 0. The Bertz CT molecular complexity index is 430. The molecule has 0 spiro atoms. The lowest BCUT2D eigenvalue weighted by atomic mass is 10.3. The smallest absolute Gasteiger partial charge is 0.0951 e. The number of nitrogens with two attached hydrogens (primary N) is 1. The number of nitrogens with zero attached hydrogens (tertiary/aromatic N) is 2. The Balaban J connectivity index is 2.17. The van der Waals surface area contributed by atoms with E-state index in [4.69, 9.17) is 5.73 Å². The third-order valence-corrected chi connectivity index (χ3v) is 3.49. The zero-order chi connectivity index (χ0) is 10.7. The van der Waals surface area contributed by atoms with Gasteiger partial charge in [-0.2, -0.15) is 0 Å². The normalized spacial score (nSPS) is 10.8. The average Bonchev–Trinajstić information content (AvgIpc) is 2.80. The Kier molecular flexibility index (Phi) is 3.18. The largest absolute Gasteiger partial charge is 0.330 e. The van der Waals surface area contributed by atoms with Crippen LogP contribution in [0.4, 0.5) is 0 Å². The minimum atomic E-state index is 0.676. The van der Waals surface area contributed by atoms with Gasteiger partial charge in [-0.25, -0.2) is 4.98 Å². The van der Waals surface area contributed by atoms with Gasteiger partial charge in [-0.05, 0) is 30.5 Å². The van der Waals surface area contributed by atoms with Crippen LogP contribution < -0.4 is 5.73 Å². The minimum Gasteiger partial charge on any atom is -0.330 e. The molecule has 2 aromatic heterocycles. The standard InChI is InChI=1S/C11H15N3S/c1-9-3-5-15-11(9)7-14-8-13-6-10(14)2-4-12/h3,5-6,8H,2,4,7,12H2,1H3. The van der Waals surface area contributed by atoms with E-state index in [0.29, 0.717) is 6.54 Å². The first-order valence-electron chi connectivity index (χ1n) is 5.03. The third kappa shape index (κ3) is 2.27. The predicted octanol–water partition coefficient (Wildman–Crippen LogP) is 1.80. The lowest BCUT2D eigenvalue weighted by Crippen LogP contribution is -2.09. The van der Waals surface area contributed by atoms with Crippen LogP contribution >= 0.6 is 11.3 Å². The van der Waals surface area contributed by atoms with Crippen molar-refractivity contribution in [3.63, 3.8) is 0 Å². The van der Waals surface area contributed by atoms with Gasteiger partial charge < -0.3 is 10.3 Å². The van der Waals surface area contributed by atoms with Crippen molar-refractivity contribution >= 4 is 11.3 Å². The molecule has 0 saturated heterocycles. The highest BCUT2D eigenvalue weighted by atomic mass is 32.1. The van der Waals surface area contributed by atoms with Crippen molar-refractivity contribution in [1.82, 2.24) is 9.55 Å². The van der Waals surface area contributed by atoms with Gasteiger partial charge in [0.2, 0.25) is 0 Å². The zero-order valence-corrected chi connectivity index (χ0v) is 9.63. The topological polar surface area (TPSA) is 43.8 Å². The molecule has 0 aliphatic rings. The van der Waals surface area contributed by atoms with Crippen molar-refractivity contribution in [3.8, 4) is 0 Å². The highest BCUT2D eigenvalue weighted by molar-refractivity contribution is 7.10. The second-order valence-corrected chi connectivity index (χ2v) is 4.58. The molecule has 0 amide bonds. The molecule has 2 N–H and O–H groups in total. The summed E-state index contributed by atoms with van der Waals surface area (Å²) < 4.78 is 2.17. The van der Waals surface area contributed by atoms with E-state index >= 15 is 0 Å². The molecule has 0 atom stereocenters. The zero-order valence-electron chi connectivity index (χ0n) is 8.81. The molecule has 0 aliphatic carbocycles. The molecule has 0 aromatic carbocycles. The van der Waals surface area contributed by atoms with Crippen molar-refractivity contribution in [2.45, 2.75) is 19.9 Å². The highest BCUT2D eigenvalue weighted by Crippen LogP contribution is 2.17. The van der Waals surface area contributed by atoms with Crippen LogP contribution in [0.5, 0.6) is 0 Å². The summed E-state index contributed by atoms with van der Waals surface area (Å²) >= 11 is 1.79. The van der Waals surface area contributed by atoms with Gasteiger partial charge in [0, 0.05) is 23.2 Å². The molecule has 0 radical (unpaired) electrons. The fourth-order valence-electron chi connectivity index (χ4n) is 1.57. The van der Waals surface area contributed by atoms with E-state index in [1.165, 1.54) is 16.1 Å². The summed E-state index contributed by atoms with van der Waals surface area (Å²) in [5, 5.41) is 2.13. The summed E-state index contributed by atoms with van der Waals surface area (Å²) in [6.45, 7) is 3.74. The molecule has 2 aromatic rings. The van der Waals surface area contributed by atoms with Crippen LogP contribution in [0.3, 0.4) is 0 Å². The molecule has 2 heterocycles. The number of hydrogen-bond donors (Lipinski definition) is 1. The van der Waals surface area contributed by atoms with Crippen LogP contribution in [0.2, 0.25) is 0 Å². The van der Waals surface area contributed by atoms with Crippen LogP contribution in [-0.4, -0.2) is 16.1 Å². The first kappa shape index (κ1) is 10.4. The Morgan fingerprint density at radius 1 is 1.53 bits per heavy atom. The van der Waals surface area contributed by atoms with E-state index in [1.54, 1.807) is 11.3 Å². The van der Waals surface area contributed by atoms with Gasteiger partial charge in [-0.15, -0.1) is 11.3 Å². The minimum absolute atomic E-state index is 0.676. The number of thiophene rings is 1. The maximum absolute atomic E-state index is 5.55. The van der Waals surface area contributed by atoms with Gasteiger partial charge in [0.1, 0.15) is 0 Å². The van der Waals surface area contributed by atoms with Gasteiger partial charge in [0.25, 0.3) is 0 Å². The monoisotopic (exact) mass is 221 g/mol. The molecule has 0 bridgehead atoms. The summed E-state index contributed by atoms with van der Waals surface area (Å²) in [6, 6.07) is 2.15. The maximum atomic E-state index is 5.55. The van der Waals surface area contributed by atoms with Crippen molar-refractivity contribution in [3.05, 3.63) is 40.1 Å². The second kappa shape index (κ2) is 4.59. The Morgan fingerprint density at radius 3 is 3.07 bits per heavy atom. The molecule has 80 valence electrons. The van der Waals surface area contributed by atoms with Crippen LogP contribution in [0.1, 0.15) is 16.1 Å². The Morgan fingerprint density at radius 2 is 2.40 bits per heavy atom. The van der Waals surface area contributed by atoms with Crippen molar-refractivity contribution < 1.29 is 0 Å². The number of aromatic nitrogens is 2. The van der Waals surface area contributed by atoms with Crippen LogP contribution in [0.15, 0.2) is 24.0 Å². The summed E-state index contributed by atoms with van der Waals surface area (Å²) in [5.74, 6) is 0. The molecule has 3 nitrogen and oxygen atoms in total. The van der Waals surface area contributed by atoms with Crippen LogP contribution in [0.25, 0.3) is 0 Å². The summed E-state index contributed by atoms with van der Waals surface area (Å²) in [4.78, 5) is 5.56. The fraction of sp³-hybridized carbons (Fsp3) is 0.364. The van der Waals surface area contributed by atoms with Gasteiger partial charge in [-0.3, -0.25) is 0 Å². The van der Waals surface area contributed by atoms with E-state index < -0.39 is 0 Å². The van der Waals surface area contributed by atoms with Gasteiger partial charge in [0.15, 0.2) is 0 Å². The quantitative estimate of drug-likeness (QED) is 0.855. The van der Waals surface area contributed by atoms with E-state index in [0.717, 1.165) is 13.0 Å². The molecule has 0 fully saturated rings. The first-order chi connectivity index (χ1) is 7.31. The average molecular weight is 221 g/mol. The lowest BCUT2D eigenvalue weighted by molar-refractivity contribution is 0.739. The summed E-state index contributed by atoms with van der Waals surface area (Å²) in [6.07, 6.45) is 4.67. The molecular weight excluding hydrogens is 206 g/mol. The van der Waals surface area contributed by atoms with Gasteiger partial charge in [0.05, 0.1) is 12.9 Å². The van der Waals surface area contributed by atoms with Gasteiger partial charge >= 0.3 is 0 Å². The molecular formula is C11H15N3S. The van der Waals surface area contributed by atoms with Crippen LogP contribution in [0, 0.1) is 6.92 Å². The number of imidazole rings is 1. The van der Waals surface area contributed by atoms with E-state index in [9.17, 15) is 0 Å². The summed E-state index contributed by atoms with van der Waals surface area (Å²) in [5.41, 5.74) is 8.12. The lowest BCUT2D eigenvalue weighted by Gasteiger charge is -2.06. The molecule has 15 heavy (non-hydrogen) atoms. The molecule has 0 saturated carbocycles. The Hall–Kier alpha value is -1.13. The molecule has 0 aliphatic heterocycles. The van der Waals surface area contributed by atoms with Crippen molar-refractivity contribution in [2.24, 2.45) is 5.73 Å². The third-order valence-electron chi connectivity index (χ3n) is 2.48. The fourth-order valence-corrected chi connectivity index (χ4v) is 2.47. The SMILES string of the molecule is Cc1ccsc1Cn1cncc1CCN. The molecule has 2 rings (SSSR count).